The van der Waals surface area contributed by atoms with Gasteiger partial charge in [-0.1, -0.05) is 5.11 Å². The van der Waals surface area contributed by atoms with Gasteiger partial charge in [0.1, 0.15) is 0 Å². The molecule has 0 spiro atoms. The molecule has 0 aromatic heterocycles. The Morgan fingerprint density at radius 3 is 2.73 bits per heavy atom. The van der Waals surface area contributed by atoms with E-state index in [-0.39, 0.29) is 12.3 Å². The minimum atomic E-state index is -3.38. The Hall–Kier alpha value is -0.780. The van der Waals surface area contributed by atoms with Crippen LogP contribution in [0.1, 0.15) is 6.42 Å². The molecule has 0 N–H and O–H groups in total. The van der Waals surface area contributed by atoms with E-state index >= 15 is 0 Å². The SMILES string of the molecule is COS(=O)(=O)CCCN=[N+]=[N-]. The van der Waals surface area contributed by atoms with Crippen LogP contribution < -0.4 is 0 Å². The Morgan fingerprint density at radius 1 is 1.64 bits per heavy atom. The first-order valence-corrected chi connectivity index (χ1v) is 4.49. The van der Waals surface area contributed by atoms with Crippen LogP contribution in [0, 0.1) is 0 Å². The van der Waals surface area contributed by atoms with Crippen molar-refractivity contribution in [3.8, 4) is 0 Å². The second kappa shape index (κ2) is 4.95. The largest absolute Gasteiger partial charge is 0.273 e. The van der Waals surface area contributed by atoms with Gasteiger partial charge in [-0.3, -0.25) is 4.18 Å². The second-order valence-corrected chi connectivity index (χ2v) is 3.59. The summed E-state index contributed by atoms with van der Waals surface area (Å²) >= 11 is 0. The lowest BCUT2D eigenvalue weighted by Gasteiger charge is -1.96. The van der Waals surface area contributed by atoms with Crippen LogP contribution in [0.2, 0.25) is 0 Å². The second-order valence-electron chi connectivity index (χ2n) is 1.74. The van der Waals surface area contributed by atoms with Gasteiger partial charge in [-0.2, -0.15) is 8.42 Å². The fourth-order valence-electron chi connectivity index (χ4n) is 0.440. The molecule has 0 aliphatic heterocycles. The highest BCUT2D eigenvalue weighted by atomic mass is 32.2. The van der Waals surface area contributed by atoms with Crippen molar-refractivity contribution >= 4 is 10.1 Å². The van der Waals surface area contributed by atoms with E-state index in [0.717, 1.165) is 7.11 Å². The molecule has 0 aliphatic carbocycles. The number of hydrogen-bond donors (Lipinski definition) is 0. The predicted molar refractivity (Wildman–Crippen MR) is 39.4 cm³/mol. The number of rotatable bonds is 5. The lowest BCUT2D eigenvalue weighted by atomic mass is 10.5. The lowest BCUT2D eigenvalue weighted by Crippen LogP contribution is -2.08. The molecule has 64 valence electrons. The molecule has 0 saturated heterocycles. The summed E-state index contributed by atoms with van der Waals surface area (Å²) in [5.74, 6) is -0.109. The molecule has 0 bridgehead atoms. The summed E-state index contributed by atoms with van der Waals surface area (Å²) in [6, 6.07) is 0. The summed E-state index contributed by atoms with van der Waals surface area (Å²) in [7, 11) is -2.28. The van der Waals surface area contributed by atoms with Gasteiger partial charge in [0, 0.05) is 11.5 Å². The van der Waals surface area contributed by atoms with E-state index in [4.69, 9.17) is 5.53 Å². The molecule has 0 rings (SSSR count). The Bertz CT molecular complexity index is 241. The van der Waals surface area contributed by atoms with Crippen molar-refractivity contribution in [3.05, 3.63) is 10.4 Å². The molecular weight excluding hydrogens is 170 g/mol. The molecule has 0 amide bonds. The average Bonchev–Trinajstić information content (AvgIpc) is 1.99. The summed E-state index contributed by atoms with van der Waals surface area (Å²) in [5.41, 5.74) is 7.83. The maximum atomic E-state index is 10.6. The fraction of sp³-hybridized carbons (Fsp3) is 1.00. The molecule has 0 aliphatic rings. The van der Waals surface area contributed by atoms with E-state index in [2.05, 4.69) is 14.2 Å². The normalized spacial score (nSPS) is 10.6. The molecule has 7 heteroatoms. The van der Waals surface area contributed by atoms with Gasteiger partial charge in [0.2, 0.25) is 0 Å². The van der Waals surface area contributed by atoms with Crippen molar-refractivity contribution in [1.29, 1.82) is 0 Å². The molecule has 0 radical (unpaired) electrons. The smallest absolute Gasteiger partial charge is 0.267 e. The minimum absolute atomic E-state index is 0.109. The van der Waals surface area contributed by atoms with Crippen molar-refractivity contribution in [1.82, 2.24) is 0 Å². The van der Waals surface area contributed by atoms with Gasteiger partial charge in [-0.05, 0) is 12.0 Å². The third kappa shape index (κ3) is 5.65. The molecular formula is C4H9N3O3S. The van der Waals surface area contributed by atoms with E-state index in [1.54, 1.807) is 0 Å². The first kappa shape index (κ1) is 10.2. The minimum Gasteiger partial charge on any atom is -0.273 e. The molecule has 0 unspecified atom stereocenters. The summed E-state index contributed by atoms with van der Waals surface area (Å²) in [6.45, 7) is 0.180. The predicted octanol–water partition coefficient (Wildman–Crippen LogP) is 0.663. The molecule has 0 fully saturated rings. The van der Waals surface area contributed by atoms with Gasteiger partial charge in [0.15, 0.2) is 0 Å². The number of nitrogens with zero attached hydrogens (tertiary/aromatic N) is 3. The Balaban J connectivity index is 3.63. The monoisotopic (exact) mass is 179 g/mol. The zero-order valence-corrected chi connectivity index (χ0v) is 6.91. The maximum Gasteiger partial charge on any atom is 0.267 e. The van der Waals surface area contributed by atoms with Crippen molar-refractivity contribution in [2.45, 2.75) is 6.42 Å². The van der Waals surface area contributed by atoms with Crippen LogP contribution in [0.4, 0.5) is 0 Å². The van der Waals surface area contributed by atoms with Gasteiger partial charge >= 0.3 is 0 Å². The lowest BCUT2D eigenvalue weighted by molar-refractivity contribution is 0.397. The highest BCUT2D eigenvalue weighted by molar-refractivity contribution is 7.86. The third-order valence-electron chi connectivity index (χ3n) is 0.970. The van der Waals surface area contributed by atoms with Crippen molar-refractivity contribution in [3.63, 3.8) is 0 Å². The van der Waals surface area contributed by atoms with Crippen LogP contribution in [0.5, 0.6) is 0 Å². The molecule has 0 heterocycles. The first-order chi connectivity index (χ1) is 5.12. The quantitative estimate of drug-likeness (QED) is 0.204. The summed E-state index contributed by atoms with van der Waals surface area (Å²) in [5, 5.41) is 3.17. The van der Waals surface area contributed by atoms with E-state index in [9.17, 15) is 8.42 Å². The molecule has 11 heavy (non-hydrogen) atoms. The zero-order valence-electron chi connectivity index (χ0n) is 6.10. The van der Waals surface area contributed by atoms with Crippen molar-refractivity contribution < 1.29 is 12.6 Å². The van der Waals surface area contributed by atoms with Gasteiger partial charge in [0.25, 0.3) is 10.1 Å². The molecule has 6 nitrogen and oxygen atoms in total. The fourth-order valence-corrected chi connectivity index (χ4v) is 1.09. The summed E-state index contributed by atoms with van der Waals surface area (Å²) in [4.78, 5) is 2.47. The van der Waals surface area contributed by atoms with Crippen LogP contribution in [0.15, 0.2) is 5.11 Å². The number of azide groups is 1. The van der Waals surface area contributed by atoms with Crippen LogP contribution in [-0.2, 0) is 14.3 Å². The van der Waals surface area contributed by atoms with Crippen LogP contribution in [0.25, 0.3) is 10.4 Å². The zero-order chi connectivity index (χ0) is 8.74. The highest BCUT2D eigenvalue weighted by Crippen LogP contribution is 1.93. The standard InChI is InChI=1S/C4H9N3O3S/c1-10-11(8,9)4-2-3-6-7-5/h2-4H2,1H3. The Labute approximate surface area is 64.9 Å². The van der Waals surface area contributed by atoms with Gasteiger partial charge in [-0.15, -0.1) is 0 Å². The molecule has 0 aromatic rings. The van der Waals surface area contributed by atoms with E-state index < -0.39 is 10.1 Å². The molecule has 0 atom stereocenters. The van der Waals surface area contributed by atoms with E-state index in [0.29, 0.717) is 6.42 Å². The van der Waals surface area contributed by atoms with Gasteiger partial charge in [-0.25, -0.2) is 0 Å². The highest BCUT2D eigenvalue weighted by Gasteiger charge is 2.05. The molecule has 0 saturated carbocycles. The third-order valence-corrected chi connectivity index (χ3v) is 2.27. The topological polar surface area (TPSA) is 92.1 Å². The molecule has 0 aromatic carbocycles. The van der Waals surface area contributed by atoms with Crippen LogP contribution >= 0.6 is 0 Å². The Morgan fingerprint density at radius 2 is 2.27 bits per heavy atom. The number of hydrogen-bond acceptors (Lipinski definition) is 4. The van der Waals surface area contributed by atoms with Gasteiger partial charge in [0.05, 0.1) is 12.9 Å². The van der Waals surface area contributed by atoms with E-state index in [1.165, 1.54) is 0 Å². The van der Waals surface area contributed by atoms with Crippen molar-refractivity contribution in [2.24, 2.45) is 5.11 Å². The van der Waals surface area contributed by atoms with E-state index in [1.807, 2.05) is 0 Å². The van der Waals surface area contributed by atoms with Crippen LogP contribution in [0.3, 0.4) is 0 Å². The van der Waals surface area contributed by atoms with Crippen molar-refractivity contribution in [2.75, 3.05) is 19.4 Å². The average molecular weight is 179 g/mol. The Kier molecular flexibility index (Phi) is 4.60. The maximum absolute atomic E-state index is 10.6. The van der Waals surface area contributed by atoms with Crippen LogP contribution in [-0.4, -0.2) is 27.8 Å². The summed E-state index contributed by atoms with van der Waals surface area (Å²) < 4.78 is 25.4. The first-order valence-electron chi connectivity index (χ1n) is 2.91. The summed E-state index contributed by atoms with van der Waals surface area (Å²) in [6.07, 6.45) is 0.292. The van der Waals surface area contributed by atoms with Gasteiger partial charge < -0.3 is 0 Å².